The summed E-state index contributed by atoms with van der Waals surface area (Å²) in [6.45, 7) is 3.50. The Morgan fingerprint density at radius 2 is 2.00 bits per heavy atom. The van der Waals surface area contributed by atoms with Crippen molar-refractivity contribution in [2.75, 3.05) is 5.32 Å². The van der Waals surface area contributed by atoms with Gasteiger partial charge in [0, 0.05) is 27.7 Å². The maximum atomic E-state index is 12.3. The lowest BCUT2D eigenvalue weighted by molar-refractivity contribution is -0.122. The lowest BCUT2D eigenvalue weighted by atomic mass is 10.1. The lowest BCUT2D eigenvalue weighted by Crippen LogP contribution is -2.30. The minimum Gasteiger partial charge on any atom is -0.481 e. The van der Waals surface area contributed by atoms with Crippen molar-refractivity contribution in [3.8, 4) is 5.75 Å². The average Bonchev–Trinajstić information content (AvgIpc) is 2.54. The summed E-state index contributed by atoms with van der Waals surface area (Å²) in [6.07, 6.45) is -0.715. The zero-order chi connectivity index (χ0) is 18.0. The second-order valence-corrected chi connectivity index (χ2v) is 6.58. The summed E-state index contributed by atoms with van der Waals surface area (Å²) < 4.78 is 11.7. The van der Waals surface area contributed by atoms with Gasteiger partial charge in [-0.25, -0.2) is 4.79 Å². The van der Waals surface area contributed by atoms with E-state index in [-0.39, 0.29) is 5.91 Å². The zero-order valence-electron chi connectivity index (χ0n) is 13.7. The molecule has 3 aromatic rings. The maximum absolute atomic E-state index is 12.3. The van der Waals surface area contributed by atoms with Crippen LogP contribution in [0.1, 0.15) is 12.5 Å². The van der Waals surface area contributed by atoms with Gasteiger partial charge < -0.3 is 14.5 Å². The van der Waals surface area contributed by atoms with Crippen LogP contribution in [0.25, 0.3) is 11.0 Å². The predicted molar refractivity (Wildman–Crippen MR) is 100 cm³/mol. The van der Waals surface area contributed by atoms with Gasteiger partial charge in [-0.2, -0.15) is 0 Å². The van der Waals surface area contributed by atoms with Crippen molar-refractivity contribution in [1.29, 1.82) is 0 Å². The first kappa shape index (κ1) is 17.2. The van der Waals surface area contributed by atoms with Gasteiger partial charge in [-0.1, -0.05) is 22.0 Å². The maximum Gasteiger partial charge on any atom is 0.336 e. The largest absolute Gasteiger partial charge is 0.481 e. The molecule has 1 atom stereocenters. The zero-order valence-corrected chi connectivity index (χ0v) is 15.3. The van der Waals surface area contributed by atoms with Crippen molar-refractivity contribution in [1.82, 2.24) is 0 Å². The molecule has 0 aliphatic rings. The van der Waals surface area contributed by atoms with Crippen LogP contribution in [0.5, 0.6) is 5.75 Å². The summed E-state index contributed by atoms with van der Waals surface area (Å²) in [5.74, 6) is 0.182. The van der Waals surface area contributed by atoms with Crippen molar-refractivity contribution in [3.05, 3.63) is 69.0 Å². The number of hydrogen-bond acceptors (Lipinski definition) is 4. The van der Waals surface area contributed by atoms with E-state index < -0.39 is 11.7 Å². The number of fused-ring (bicyclic) bond motifs is 1. The SMILES string of the molecule is Cc1cc(=O)oc2cc(OC(C)C(=O)Nc3cccc(Br)c3)ccc12. The summed E-state index contributed by atoms with van der Waals surface area (Å²) in [7, 11) is 0. The Bertz CT molecular complexity index is 996. The van der Waals surface area contributed by atoms with Crippen LogP contribution in [0.2, 0.25) is 0 Å². The second-order valence-electron chi connectivity index (χ2n) is 5.67. The number of ether oxygens (including phenoxy) is 1. The molecule has 1 heterocycles. The lowest BCUT2D eigenvalue weighted by Gasteiger charge is -2.15. The Morgan fingerprint density at radius 1 is 1.20 bits per heavy atom. The molecule has 0 radical (unpaired) electrons. The molecule has 0 spiro atoms. The van der Waals surface area contributed by atoms with Crippen LogP contribution in [0.3, 0.4) is 0 Å². The highest BCUT2D eigenvalue weighted by Crippen LogP contribution is 2.23. The van der Waals surface area contributed by atoms with E-state index in [1.165, 1.54) is 6.07 Å². The fourth-order valence-electron chi connectivity index (χ4n) is 2.45. The normalized spacial score (nSPS) is 12.0. The van der Waals surface area contributed by atoms with Crippen LogP contribution < -0.4 is 15.7 Å². The Morgan fingerprint density at radius 3 is 2.76 bits per heavy atom. The Hall–Kier alpha value is -2.60. The Balaban J connectivity index is 1.76. The van der Waals surface area contributed by atoms with Crippen molar-refractivity contribution in [3.63, 3.8) is 0 Å². The molecule has 6 heteroatoms. The average molecular weight is 402 g/mol. The standard InChI is InChI=1S/C19H16BrNO4/c1-11-8-18(22)25-17-10-15(6-7-16(11)17)24-12(2)19(23)21-14-5-3-4-13(20)9-14/h3-10,12H,1-2H3,(H,21,23). The number of nitrogens with one attached hydrogen (secondary N) is 1. The third-order valence-electron chi connectivity index (χ3n) is 3.70. The highest BCUT2D eigenvalue weighted by Gasteiger charge is 2.15. The van der Waals surface area contributed by atoms with E-state index in [0.717, 1.165) is 15.4 Å². The quantitative estimate of drug-likeness (QED) is 0.662. The van der Waals surface area contributed by atoms with Gasteiger partial charge in [0.15, 0.2) is 6.10 Å². The van der Waals surface area contributed by atoms with E-state index in [9.17, 15) is 9.59 Å². The minimum absolute atomic E-state index is 0.274. The topological polar surface area (TPSA) is 68.5 Å². The molecule has 128 valence electrons. The Labute approximate surface area is 152 Å². The van der Waals surface area contributed by atoms with Crippen molar-refractivity contribution in [2.45, 2.75) is 20.0 Å². The minimum atomic E-state index is -0.715. The summed E-state index contributed by atoms with van der Waals surface area (Å²) >= 11 is 3.36. The smallest absolute Gasteiger partial charge is 0.336 e. The predicted octanol–water partition coefficient (Wildman–Crippen LogP) is 4.27. The number of halogens is 1. The fourth-order valence-corrected chi connectivity index (χ4v) is 2.85. The highest BCUT2D eigenvalue weighted by atomic mass is 79.9. The molecule has 0 aliphatic carbocycles. The summed E-state index contributed by atoms with van der Waals surface area (Å²) in [6, 6.07) is 13.9. The second kappa shape index (κ2) is 7.11. The third kappa shape index (κ3) is 4.09. The van der Waals surface area contributed by atoms with Crippen molar-refractivity contribution < 1.29 is 13.9 Å². The molecule has 1 N–H and O–H groups in total. The first-order chi connectivity index (χ1) is 11.9. The molecule has 3 rings (SSSR count). The van der Waals surface area contributed by atoms with Gasteiger partial charge in [0.2, 0.25) is 0 Å². The number of hydrogen-bond donors (Lipinski definition) is 1. The first-order valence-electron chi connectivity index (χ1n) is 7.70. The molecule has 2 aromatic carbocycles. The summed E-state index contributed by atoms with van der Waals surface area (Å²) in [4.78, 5) is 23.8. The molecule has 1 amide bonds. The molecule has 25 heavy (non-hydrogen) atoms. The number of aryl methyl sites for hydroxylation is 1. The van der Waals surface area contributed by atoms with Gasteiger partial charge in [0.05, 0.1) is 0 Å². The molecule has 0 aliphatic heterocycles. The van der Waals surface area contributed by atoms with E-state index in [4.69, 9.17) is 9.15 Å². The van der Waals surface area contributed by atoms with Gasteiger partial charge in [-0.15, -0.1) is 0 Å². The molecular formula is C19H16BrNO4. The van der Waals surface area contributed by atoms with E-state index in [1.807, 2.05) is 25.1 Å². The van der Waals surface area contributed by atoms with Gasteiger partial charge in [-0.3, -0.25) is 4.79 Å². The number of benzene rings is 2. The molecule has 0 fully saturated rings. The summed E-state index contributed by atoms with van der Waals surface area (Å²) in [5.41, 5.74) is 1.53. The molecule has 5 nitrogen and oxygen atoms in total. The third-order valence-corrected chi connectivity index (χ3v) is 4.19. The molecule has 0 bridgehead atoms. The van der Waals surface area contributed by atoms with Crippen LogP contribution in [0, 0.1) is 6.92 Å². The van der Waals surface area contributed by atoms with Crippen LogP contribution in [0.4, 0.5) is 5.69 Å². The van der Waals surface area contributed by atoms with Crippen molar-refractivity contribution >= 4 is 38.5 Å². The first-order valence-corrected chi connectivity index (χ1v) is 8.49. The van der Waals surface area contributed by atoms with E-state index in [1.54, 1.807) is 31.2 Å². The van der Waals surface area contributed by atoms with Gasteiger partial charge in [-0.05, 0) is 49.7 Å². The van der Waals surface area contributed by atoms with Crippen LogP contribution in [-0.4, -0.2) is 12.0 Å². The number of carbonyl (C=O) groups is 1. The van der Waals surface area contributed by atoms with Gasteiger partial charge in [0.1, 0.15) is 11.3 Å². The van der Waals surface area contributed by atoms with Gasteiger partial charge in [0.25, 0.3) is 5.91 Å². The molecule has 0 saturated carbocycles. The number of rotatable bonds is 4. The Kier molecular flexibility index (Phi) is 4.90. The molecular weight excluding hydrogens is 386 g/mol. The number of amides is 1. The van der Waals surface area contributed by atoms with Crippen LogP contribution >= 0.6 is 15.9 Å². The molecule has 0 saturated heterocycles. The molecule has 1 unspecified atom stereocenters. The van der Waals surface area contributed by atoms with Gasteiger partial charge >= 0.3 is 5.63 Å². The van der Waals surface area contributed by atoms with E-state index in [2.05, 4.69) is 21.2 Å². The number of anilines is 1. The monoisotopic (exact) mass is 401 g/mol. The molecule has 1 aromatic heterocycles. The van der Waals surface area contributed by atoms with Crippen LogP contribution in [0.15, 0.2) is 62.2 Å². The van der Waals surface area contributed by atoms with Crippen molar-refractivity contribution in [2.24, 2.45) is 0 Å². The fraction of sp³-hybridized carbons (Fsp3) is 0.158. The number of carbonyl (C=O) groups excluding carboxylic acids is 1. The van der Waals surface area contributed by atoms with E-state index >= 15 is 0 Å². The highest BCUT2D eigenvalue weighted by molar-refractivity contribution is 9.10. The summed E-state index contributed by atoms with van der Waals surface area (Å²) in [5, 5.41) is 3.62. The van der Waals surface area contributed by atoms with E-state index in [0.29, 0.717) is 17.0 Å². The van der Waals surface area contributed by atoms with Crippen LogP contribution in [-0.2, 0) is 4.79 Å².